The van der Waals surface area contributed by atoms with Crippen molar-refractivity contribution in [3.8, 4) is 0 Å². The van der Waals surface area contributed by atoms with Gasteiger partial charge in [0.2, 0.25) is 0 Å². The maximum Gasteiger partial charge on any atom is 0.0947 e. The molecule has 92 valence electrons. The number of furan rings is 1. The van der Waals surface area contributed by atoms with Crippen molar-refractivity contribution in [3.05, 3.63) is 41.1 Å². The molecule has 2 rings (SSSR count). The van der Waals surface area contributed by atoms with Crippen molar-refractivity contribution in [1.29, 1.82) is 0 Å². The second kappa shape index (κ2) is 5.19. The number of aryl methyl sites for hydroxylation is 1. The van der Waals surface area contributed by atoms with Crippen molar-refractivity contribution >= 4 is 0 Å². The average Bonchev–Trinajstić information content (AvgIpc) is 2.90. The predicted octanol–water partition coefficient (Wildman–Crippen LogP) is 2.19. The Labute approximate surface area is 102 Å². The van der Waals surface area contributed by atoms with Crippen LogP contribution in [0.4, 0.5) is 0 Å². The van der Waals surface area contributed by atoms with Gasteiger partial charge in [0.1, 0.15) is 0 Å². The zero-order chi connectivity index (χ0) is 12.3. The van der Waals surface area contributed by atoms with Crippen LogP contribution >= 0.6 is 0 Å². The molecular formula is C13H19N3O. The van der Waals surface area contributed by atoms with Crippen LogP contribution in [0.2, 0.25) is 0 Å². The standard InChI is InChI=1S/C13H19N3O/c1-10-11(2)15-16(12(10)3)6-5-14-8-13-4-7-17-9-13/h4,7,9,14H,5-6,8H2,1-3H3. The summed E-state index contributed by atoms with van der Waals surface area (Å²) in [6.45, 7) is 8.94. The molecule has 2 aromatic rings. The normalized spacial score (nSPS) is 11.0. The van der Waals surface area contributed by atoms with E-state index < -0.39 is 0 Å². The molecule has 0 saturated heterocycles. The Kier molecular flexibility index (Phi) is 3.64. The lowest BCUT2D eigenvalue weighted by atomic mass is 10.2. The Bertz CT molecular complexity index is 471. The summed E-state index contributed by atoms with van der Waals surface area (Å²) in [5.74, 6) is 0. The second-order valence-corrected chi connectivity index (χ2v) is 4.33. The number of hydrogen-bond acceptors (Lipinski definition) is 3. The van der Waals surface area contributed by atoms with E-state index in [1.165, 1.54) is 16.8 Å². The molecule has 0 fully saturated rings. The number of hydrogen-bond donors (Lipinski definition) is 1. The van der Waals surface area contributed by atoms with E-state index in [2.05, 4.69) is 35.9 Å². The number of rotatable bonds is 5. The fourth-order valence-corrected chi connectivity index (χ4v) is 1.82. The largest absolute Gasteiger partial charge is 0.472 e. The molecule has 0 amide bonds. The van der Waals surface area contributed by atoms with Gasteiger partial charge >= 0.3 is 0 Å². The van der Waals surface area contributed by atoms with Gasteiger partial charge < -0.3 is 9.73 Å². The highest BCUT2D eigenvalue weighted by atomic mass is 16.3. The summed E-state index contributed by atoms with van der Waals surface area (Å²) in [7, 11) is 0. The minimum Gasteiger partial charge on any atom is -0.472 e. The first-order valence-electron chi connectivity index (χ1n) is 5.91. The van der Waals surface area contributed by atoms with Crippen molar-refractivity contribution in [2.75, 3.05) is 6.54 Å². The molecular weight excluding hydrogens is 214 g/mol. The minimum atomic E-state index is 0.842. The number of aromatic nitrogens is 2. The van der Waals surface area contributed by atoms with Crippen LogP contribution in [0.15, 0.2) is 23.0 Å². The van der Waals surface area contributed by atoms with Gasteiger partial charge in [-0.15, -0.1) is 0 Å². The first-order chi connectivity index (χ1) is 8.18. The summed E-state index contributed by atoms with van der Waals surface area (Å²) in [6.07, 6.45) is 3.46. The summed E-state index contributed by atoms with van der Waals surface area (Å²) in [6, 6.07) is 1.97. The molecule has 0 saturated carbocycles. The summed E-state index contributed by atoms with van der Waals surface area (Å²) in [5.41, 5.74) is 4.85. The zero-order valence-corrected chi connectivity index (χ0v) is 10.7. The summed E-state index contributed by atoms with van der Waals surface area (Å²) < 4.78 is 7.07. The van der Waals surface area contributed by atoms with E-state index in [9.17, 15) is 0 Å². The topological polar surface area (TPSA) is 43.0 Å². The minimum absolute atomic E-state index is 0.842. The van der Waals surface area contributed by atoms with E-state index >= 15 is 0 Å². The first-order valence-corrected chi connectivity index (χ1v) is 5.91. The van der Waals surface area contributed by atoms with Gasteiger partial charge in [-0.25, -0.2) is 0 Å². The predicted molar refractivity (Wildman–Crippen MR) is 66.9 cm³/mol. The van der Waals surface area contributed by atoms with Gasteiger partial charge in [-0.05, 0) is 32.4 Å². The average molecular weight is 233 g/mol. The van der Waals surface area contributed by atoms with E-state index in [0.29, 0.717) is 0 Å². The Morgan fingerprint density at radius 2 is 2.18 bits per heavy atom. The molecule has 0 atom stereocenters. The molecule has 2 aromatic heterocycles. The Morgan fingerprint density at radius 3 is 2.76 bits per heavy atom. The van der Waals surface area contributed by atoms with E-state index in [1.54, 1.807) is 12.5 Å². The van der Waals surface area contributed by atoms with Crippen LogP contribution < -0.4 is 5.32 Å². The summed E-state index contributed by atoms with van der Waals surface area (Å²) in [5, 5.41) is 7.87. The van der Waals surface area contributed by atoms with Gasteiger partial charge in [0.05, 0.1) is 24.8 Å². The van der Waals surface area contributed by atoms with Crippen LogP contribution in [-0.2, 0) is 13.1 Å². The van der Waals surface area contributed by atoms with Crippen LogP contribution in [-0.4, -0.2) is 16.3 Å². The monoisotopic (exact) mass is 233 g/mol. The summed E-state index contributed by atoms with van der Waals surface area (Å²) in [4.78, 5) is 0. The molecule has 0 aliphatic rings. The first kappa shape index (κ1) is 11.9. The van der Waals surface area contributed by atoms with Gasteiger partial charge in [0.15, 0.2) is 0 Å². The molecule has 4 nitrogen and oxygen atoms in total. The fourth-order valence-electron chi connectivity index (χ4n) is 1.82. The molecule has 0 radical (unpaired) electrons. The number of nitrogens with one attached hydrogen (secondary N) is 1. The summed E-state index contributed by atoms with van der Waals surface area (Å²) >= 11 is 0. The van der Waals surface area contributed by atoms with Crippen molar-refractivity contribution in [2.45, 2.75) is 33.9 Å². The fraction of sp³-hybridized carbons (Fsp3) is 0.462. The van der Waals surface area contributed by atoms with Crippen LogP contribution in [0, 0.1) is 20.8 Å². The van der Waals surface area contributed by atoms with E-state index in [1.807, 2.05) is 6.07 Å². The van der Waals surface area contributed by atoms with E-state index in [4.69, 9.17) is 4.42 Å². The van der Waals surface area contributed by atoms with Crippen molar-refractivity contribution < 1.29 is 4.42 Å². The molecule has 2 heterocycles. The van der Waals surface area contributed by atoms with Gasteiger partial charge in [0, 0.05) is 24.3 Å². The Morgan fingerprint density at radius 1 is 1.35 bits per heavy atom. The molecule has 4 heteroatoms. The molecule has 0 unspecified atom stereocenters. The lowest BCUT2D eigenvalue weighted by Crippen LogP contribution is -2.20. The van der Waals surface area contributed by atoms with Crippen molar-refractivity contribution in [2.24, 2.45) is 0 Å². The highest BCUT2D eigenvalue weighted by molar-refractivity contribution is 5.22. The van der Waals surface area contributed by atoms with Gasteiger partial charge in [-0.1, -0.05) is 0 Å². The van der Waals surface area contributed by atoms with E-state index in [0.717, 1.165) is 25.3 Å². The third-order valence-corrected chi connectivity index (χ3v) is 3.15. The lowest BCUT2D eigenvalue weighted by molar-refractivity contribution is 0.535. The maximum absolute atomic E-state index is 5.01. The van der Waals surface area contributed by atoms with E-state index in [-0.39, 0.29) is 0 Å². The molecule has 0 aliphatic heterocycles. The smallest absolute Gasteiger partial charge is 0.0947 e. The third-order valence-electron chi connectivity index (χ3n) is 3.15. The quantitative estimate of drug-likeness (QED) is 0.805. The third kappa shape index (κ3) is 2.77. The molecule has 0 bridgehead atoms. The van der Waals surface area contributed by atoms with Crippen molar-refractivity contribution in [1.82, 2.24) is 15.1 Å². The molecule has 0 aliphatic carbocycles. The number of nitrogens with zero attached hydrogens (tertiary/aromatic N) is 2. The van der Waals surface area contributed by atoms with Crippen molar-refractivity contribution in [3.63, 3.8) is 0 Å². The molecule has 17 heavy (non-hydrogen) atoms. The van der Waals surface area contributed by atoms with Gasteiger partial charge in [-0.3, -0.25) is 4.68 Å². The van der Waals surface area contributed by atoms with Crippen LogP contribution in [0.25, 0.3) is 0 Å². The maximum atomic E-state index is 5.01. The highest BCUT2D eigenvalue weighted by Gasteiger charge is 2.06. The SMILES string of the molecule is Cc1nn(CCNCc2ccoc2)c(C)c1C. The van der Waals surface area contributed by atoms with Gasteiger partial charge in [0.25, 0.3) is 0 Å². The zero-order valence-electron chi connectivity index (χ0n) is 10.7. The van der Waals surface area contributed by atoms with Crippen LogP contribution in [0.1, 0.15) is 22.5 Å². The second-order valence-electron chi connectivity index (χ2n) is 4.33. The molecule has 1 N–H and O–H groups in total. The molecule has 0 spiro atoms. The van der Waals surface area contributed by atoms with Crippen LogP contribution in [0.5, 0.6) is 0 Å². The Balaban J connectivity index is 1.80. The van der Waals surface area contributed by atoms with Gasteiger partial charge in [-0.2, -0.15) is 5.10 Å². The molecule has 0 aromatic carbocycles. The van der Waals surface area contributed by atoms with Crippen LogP contribution in [0.3, 0.4) is 0 Å². The lowest BCUT2D eigenvalue weighted by Gasteiger charge is -2.05. The Hall–Kier alpha value is -1.55. The highest BCUT2D eigenvalue weighted by Crippen LogP contribution is 2.10.